The van der Waals surface area contributed by atoms with Gasteiger partial charge in [0.15, 0.2) is 0 Å². The van der Waals surface area contributed by atoms with Gasteiger partial charge in [0.1, 0.15) is 16.6 Å². The molecular formula is C12H16ClN3. The van der Waals surface area contributed by atoms with E-state index in [1.807, 2.05) is 6.07 Å². The molecule has 0 fully saturated rings. The third-order valence-corrected chi connectivity index (χ3v) is 2.77. The van der Waals surface area contributed by atoms with Gasteiger partial charge in [-0.25, -0.2) is 9.97 Å². The summed E-state index contributed by atoms with van der Waals surface area (Å²) >= 11 is 5.97. The van der Waals surface area contributed by atoms with Crippen molar-refractivity contribution in [2.24, 2.45) is 0 Å². The van der Waals surface area contributed by atoms with Crippen molar-refractivity contribution in [1.29, 1.82) is 0 Å². The van der Waals surface area contributed by atoms with E-state index in [1.165, 1.54) is 0 Å². The average Bonchev–Trinajstić information content (AvgIpc) is 2.55. The van der Waals surface area contributed by atoms with Gasteiger partial charge in [0.2, 0.25) is 0 Å². The second-order valence-corrected chi connectivity index (χ2v) is 5.06. The number of nitrogens with zero attached hydrogens (tertiary/aromatic N) is 2. The lowest BCUT2D eigenvalue weighted by atomic mass is 10.1. The van der Waals surface area contributed by atoms with Gasteiger partial charge in [0.25, 0.3) is 0 Å². The average molecular weight is 238 g/mol. The van der Waals surface area contributed by atoms with Crippen molar-refractivity contribution in [2.75, 3.05) is 0 Å². The molecule has 0 aliphatic heterocycles. The first-order valence-electron chi connectivity index (χ1n) is 5.55. The Kier molecular flexibility index (Phi) is 2.89. The van der Waals surface area contributed by atoms with Gasteiger partial charge in [-0.15, -0.1) is 0 Å². The lowest BCUT2D eigenvalue weighted by molar-refractivity contribution is 0.742. The topological polar surface area (TPSA) is 41.6 Å². The molecule has 4 heteroatoms. The molecule has 0 amide bonds. The molecule has 0 bridgehead atoms. The molecule has 0 radical (unpaired) electrons. The number of rotatable bonds is 2. The second kappa shape index (κ2) is 4.06. The Balaban J connectivity index is 2.73. The number of fused-ring (bicyclic) bond motifs is 1. The molecule has 2 rings (SSSR count). The first-order chi connectivity index (χ1) is 7.49. The van der Waals surface area contributed by atoms with Crippen LogP contribution in [0.4, 0.5) is 0 Å². The van der Waals surface area contributed by atoms with Crippen LogP contribution >= 0.6 is 11.6 Å². The largest absolute Gasteiger partial charge is 0.330 e. The second-order valence-electron chi connectivity index (χ2n) is 4.66. The zero-order chi connectivity index (χ0) is 11.9. The van der Waals surface area contributed by atoms with Crippen molar-refractivity contribution in [2.45, 2.75) is 39.5 Å². The van der Waals surface area contributed by atoms with Crippen LogP contribution in [-0.2, 0) is 0 Å². The van der Waals surface area contributed by atoms with Crippen molar-refractivity contribution in [1.82, 2.24) is 15.0 Å². The minimum Gasteiger partial charge on any atom is -0.330 e. The summed E-state index contributed by atoms with van der Waals surface area (Å²) in [4.78, 5) is 12.2. The molecule has 0 unspecified atom stereocenters. The Labute approximate surface area is 100 Å². The van der Waals surface area contributed by atoms with Gasteiger partial charge in [-0.3, -0.25) is 0 Å². The molecule has 0 saturated carbocycles. The van der Waals surface area contributed by atoms with Crippen molar-refractivity contribution in [3.8, 4) is 0 Å². The molecule has 1 N–H and O–H groups in total. The maximum Gasteiger partial charge on any atom is 0.142 e. The van der Waals surface area contributed by atoms with E-state index in [2.05, 4.69) is 42.6 Å². The molecule has 0 saturated heterocycles. The molecule has 2 heterocycles. The van der Waals surface area contributed by atoms with E-state index < -0.39 is 0 Å². The van der Waals surface area contributed by atoms with Gasteiger partial charge in [-0.2, -0.15) is 0 Å². The molecule has 86 valence electrons. The molecule has 0 atom stereocenters. The molecule has 0 spiro atoms. The summed E-state index contributed by atoms with van der Waals surface area (Å²) in [6, 6.07) is 1.90. The van der Waals surface area contributed by atoms with Gasteiger partial charge in [-0.05, 0) is 12.0 Å². The van der Waals surface area contributed by atoms with Gasteiger partial charge in [0, 0.05) is 11.3 Å². The standard InChI is InChI=1S/C12H16ClN3/c1-6(2)10-8-5-9(13)14-12(8)16-11(15-10)7(3)4/h5-7H,1-4H3,(H,14,15,16). The molecule has 0 aromatic carbocycles. The number of halogens is 1. The summed E-state index contributed by atoms with van der Waals surface area (Å²) < 4.78 is 0. The Morgan fingerprint density at radius 3 is 2.38 bits per heavy atom. The van der Waals surface area contributed by atoms with Crippen LogP contribution in [0.3, 0.4) is 0 Å². The van der Waals surface area contributed by atoms with Crippen molar-refractivity contribution >= 4 is 22.6 Å². The molecule has 16 heavy (non-hydrogen) atoms. The summed E-state index contributed by atoms with van der Waals surface area (Å²) in [5.41, 5.74) is 1.91. The first kappa shape index (κ1) is 11.4. The number of H-pyrrole nitrogens is 1. The summed E-state index contributed by atoms with van der Waals surface area (Å²) in [7, 11) is 0. The Morgan fingerprint density at radius 1 is 1.12 bits per heavy atom. The summed E-state index contributed by atoms with van der Waals surface area (Å²) in [6.45, 7) is 8.45. The van der Waals surface area contributed by atoms with E-state index in [-0.39, 0.29) is 0 Å². The summed E-state index contributed by atoms with van der Waals surface area (Å²) in [6.07, 6.45) is 0. The fraction of sp³-hybridized carbons (Fsp3) is 0.500. The van der Waals surface area contributed by atoms with Crippen LogP contribution in [0.5, 0.6) is 0 Å². The zero-order valence-corrected chi connectivity index (χ0v) is 10.8. The summed E-state index contributed by atoms with van der Waals surface area (Å²) in [5.74, 6) is 1.56. The maximum atomic E-state index is 5.97. The van der Waals surface area contributed by atoms with Crippen LogP contribution in [0.2, 0.25) is 5.15 Å². The van der Waals surface area contributed by atoms with Crippen LogP contribution < -0.4 is 0 Å². The van der Waals surface area contributed by atoms with Crippen molar-refractivity contribution in [3.63, 3.8) is 0 Å². The normalized spacial score (nSPS) is 11.9. The van der Waals surface area contributed by atoms with Crippen molar-refractivity contribution in [3.05, 3.63) is 22.7 Å². The molecular weight excluding hydrogens is 222 g/mol. The molecule has 0 aliphatic carbocycles. The highest BCUT2D eigenvalue weighted by atomic mass is 35.5. The third-order valence-electron chi connectivity index (χ3n) is 2.56. The fourth-order valence-electron chi connectivity index (χ4n) is 1.72. The van der Waals surface area contributed by atoms with E-state index in [0.29, 0.717) is 17.0 Å². The van der Waals surface area contributed by atoms with Crippen LogP contribution in [-0.4, -0.2) is 15.0 Å². The highest BCUT2D eigenvalue weighted by molar-refractivity contribution is 6.30. The van der Waals surface area contributed by atoms with Gasteiger partial charge in [0.05, 0.1) is 5.69 Å². The zero-order valence-electron chi connectivity index (χ0n) is 10.0. The predicted octanol–water partition coefficient (Wildman–Crippen LogP) is 3.86. The lowest BCUT2D eigenvalue weighted by Gasteiger charge is -2.10. The number of aromatic amines is 1. The highest BCUT2D eigenvalue weighted by Gasteiger charge is 2.14. The Hall–Kier alpha value is -1.09. The third kappa shape index (κ3) is 1.92. The molecule has 2 aromatic rings. The van der Waals surface area contributed by atoms with E-state index in [9.17, 15) is 0 Å². The van der Waals surface area contributed by atoms with E-state index in [0.717, 1.165) is 22.6 Å². The van der Waals surface area contributed by atoms with Gasteiger partial charge >= 0.3 is 0 Å². The highest BCUT2D eigenvalue weighted by Crippen LogP contribution is 2.26. The van der Waals surface area contributed by atoms with Crippen molar-refractivity contribution < 1.29 is 0 Å². The number of hydrogen-bond acceptors (Lipinski definition) is 2. The van der Waals surface area contributed by atoms with Crippen LogP contribution in [0.25, 0.3) is 11.0 Å². The quantitative estimate of drug-likeness (QED) is 0.862. The van der Waals surface area contributed by atoms with E-state index in [1.54, 1.807) is 0 Å². The van der Waals surface area contributed by atoms with Gasteiger partial charge in [-0.1, -0.05) is 39.3 Å². The minimum absolute atomic E-state index is 0.323. The van der Waals surface area contributed by atoms with Gasteiger partial charge < -0.3 is 4.98 Å². The SMILES string of the molecule is CC(C)c1nc(C(C)C)c2cc(Cl)[nH]c2n1. The Bertz CT molecular complexity index is 514. The number of nitrogens with one attached hydrogen (secondary N) is 1. The van der Waals surface area contributed by atoms with Crippen LogP contribution in [0, 0.1) is 0 Å². The molecule has 0 aliphatic rings. The lowest BCUT2D eigenvalue weighted by Crippen LogP contribution is -2.03. The van der Waals surface area contributed by atoms with Crippen LogP contribution in [0.15, 0.2) is 6.07 Å². The fourth-order valence-corrected chi connectivity index (χ4v) is 1.92. The minimum atomic E-state index is 0.323. The number of hydrogen-bond donors (Lipinski definition) is 1. The molecule has 3 nitrogen and oxygen atoms in total. The smallest absolute Gasteiger partial charge is 0.142 e. The van der Waals surface area contributed by atoms with E-state index >= 15 is 0 Å². The predicted molar refractivity (Wildman–Crippen MR) is 67.1 cm³/mol. The van der Waals surface area contributed by atoms with E-state index in [4.69, 9.17) is 11.6 Å². The maximum absolute atomic E-state index is 5.97. The first-order valence-corrected chi connectivity index (χ1v) is 5.93. The number of aromatic nitrogens is 3. The summed E-state index contributed by atoms with van der Waals surface area (Å²) in [5, 5.41) is 1.65. The Morgan fingerprint density at radius 2 is 1.81 bits per heavy atom. The monoisotopic (exact) mass is 237 g/mol. The van der Waals surface area contributed by atoms with Crippen LogP contribution in [0.1, 0.15) is 51.0 Å². The molecule has 2 aromatic heterocycles.